The standard InChI is InChI=1S/C25H27N3O3/c1-27-16-25(15-20-19-10-6-5-9-18(19)11-12-21(20)27)22(29)26-24(31)28(23(25)30)14-13-17-7-3-2-4-8-17/h5-7,9-12H,2-4,8,13-16H2,1H3,(H,26,29,31)/t25-/m0/s1. The molecule has 0 saturated carbocycles. The van der Waals surface area contributed by atoms with Crippen LogP contribution in [-0.4, -0.2) is 42.9 Å². The van der Waals surface area contributed by atoms with Gasteiger partial charge in [0.05, 0.1) is 0 Å². The average Bonchev–Trinajstić information content (AvgIpc) is 2.78. The minimum Gasteiger partial charge on any atom is -0.373 e. The van der Waals surface area contributed by atoms with Gasteiger partial charge in [0.2, 0.25) is 11.8 Å². The van der Waals surface area contributed by atoms with Gasteiger partial charge >= 0.3 is 6.03 Å². The molecule has 0 aromatic heterocycles. The van der Waals surface area contributed by atoms with Crippen molar-refractivity contribution in [3.8, 4) is 0 Å². The number of imide groups is 2. The number of anilines is 1. The zero-order valence-electron chi connectivity index (χ0n) is 17.8. The molecular weight excluding hydrogens is 390 g/mol. The van der Waals surface area contributed by atoms with Crippen LogP contribution in [0.1, 0.15) is 37.7 Å². The Labute approximate surface area is 181 Å². The maximum Gasteiger partial charge on any atom is 0.330 e. The van der Waals surface area contributed by atoms with E-state index in [1.807, 2.05) is 42.3 Å². The highest BCUT2D eigenvalue weighted by atomic mass is 16.2. The van der Waals surface area contributed by atoms with Crippen LogP contribution in [0.3, 0.4) is 0 Å². The summed E-state index contributed by atoms with van der Waals surface area (Å²) in [6.07, 6.45) is 7.65. The topological polar surface area (TPSA) is 69.7 Å². The van der Waals surface area contributed by atoms with Crippen LogP contribution in [0.5, 0.6) is 0 Å². The number of benzene rings is 2. The number of carbonyl (C=O) groups excluding carboxylic acids is 3. The van der Waals surface area contributed by atoms with Gasteiger partial charge in [0.25, 0.3) is 0 Å². The van der Waals surface area contributed by atoms with E-state index >= 15 is 0 Å². The van der Waals surface area contributed by atoms with Crippen molar-refractivity contribution >= 4 is 34.3 Å². The van der Waals surface area contributed by atoms with E-state index in [2.05, 4.69) is 17.5 Å². The van der Waals surface area contributed by atoms with E-state index in [1.165, 1.54) is 16.9 Å². The highest BCUT2D eigenvalue weighted by molar-refractivity contribution is 6.20. The van der Waals surface area contributed by atoms with Crippen LogP contribution in [0.15, 0.2) is 48.0 Å². The Bertz CT molecular complexity index is 1120. The van der Waals surface area contributed by atoms with Crippen molar-refractivity contribution in [2.45, 2.75) is 38.5 Å². The SMILES string of the molecule is CN1C[C@@]2(Cc3c1ccc1ccccc31)C(=O)NC(=O)N(CCC1=CCCCC1)C2=O. The van der Waals surface area contributed by atoms with Crippen LogP contribution in [0.2, 0.25) is 0 Å². The summed E-state index contributed by atoms with van der Waals surface area (Å²) < 4.78 is 0. The van der Waals surface area contributed by atoms with Crippen molar-refractivity contribution in [2.24, 2.45) is 5.41 Å². The number of carbonyl (C=O) groups is 3. The number of hydrogen-bond donors (Lipinski definition) is 1. The zero-order valence-corrected chi connectivity index (χ0v) is 17.8. The summed E-state index contributed by atoms with van der Waals surface area (Å²) >= 11 is 0. The summed E-state index contributed by atoms with van der Waals surface area (Å²) in [6, 6.07) is 11.5. The molecule has 1 N–H and O–H groups in total. The lowest BCUT2D eigenvalue weighted by Crippen LogP contribution is -2.68. The number of allylic oxidation sites excluding steroid dienone is 1. The maximum atomic E-state index is 13.7. The fourth-order valence-corrected chi connectivity index (χ4v) is 5.33. The second kappa shape index (κ2) is 7.52. The molecule has 0 unspecified atom stereocenters. The molecule has 1 aliphatic carbocycles. The van der Waals surface area contributed by atoms with Crippen molar-refractivity contribution in [2.75, 3.05) is 25.0 Å². The molecule has 0 bridgehead atoms. The van der Waals surface area contributed by atoms with E-state index in [9.17, 15) is 14.4 Å². The Morgan fingerprint density at radius 1 is 1.06 bits per heavy atom. The minimum atomic E-state index is -1.29. The monoisotopic (exact) mass is 417 g/mol. The molecule has 4 amide bonds. The van der Waals surface area contributed by atoms with E-state index in [0.29, 0.717) is 19.4 Å². The van der Waals surface area contributed by atoms with Gasteiger partial charge in [-0.1, -0.05) is 42.0 Å². The molecule has 2 aromatic carbocycles. The number of amides is 4. The Morgan fingerprint density at radius 3 is 2.71 bits per heavy atom. The summed E-state index contributed by atoms with van der Waals surface area (Å²) in [5, 5.41) is 4.61. The predicted octanol–water partition coefficient (Wildman–Crippen LogP) is 3.79. The summed E-state index contributed by atoms with van der Waals surface area (Å²) in [4.78, 5) is 42.6. The Morgan fingerprint density at radius 2 is 1.90 bits per heavy atom. The summed E-state index contributed by atoms with van der Waals surface area (Å²) in [5.74, 6) is -0.857. The van der Waals surface area contributed by atoms with Crippen LogP contribution in [-0.2, 0) is 16.0 Å². The predicted molar refractivity (Wildman–Crippen MR) is 120 cm³/mol. The first-order chi connectivity index (χ1) is 15.0. The van der Waals surface area contributed by atoms with Gasteiger partial charge in [-0.05, 0) is 54.5 Å². The van der Waals surface area contributed by atoms with Crippen molar-refractivity contribution in [1.82, 2.24) is 10.2 Å². The molecule has 2 heterocycles. The quantitative estimate of drug-likeness (QED) is 0.609. The summed E-state index contributed by atoms with van der Waals surface area (Å²) in [6.45, 7) is 0.577. The molecule has 2 aromatic rings. The third kappa shape index (κ3) is 3.21. The molecule has 6 nitrogen and oxygen atoms in total. The Balaban J connectivity index is 1.50. The summed E-state index contributed by atoms with van der Waals surface area (Å²) in [7, 11) is 1.91. The molecule has 160 valence electrons. The molecule has 3 aliphatic rings. The average molecular weight is 418 g/mol. The van der Waals surface area contributed by atoms with E-state index in [-0.39, 0.29) is 12.5 Å². The molecule has 1 saturated heterocycles. The Kier molecular flexibility index (Phi) is 4.80. The van der Waals surface area contributed by atoms with E-state index in [4.69, 9.17) is 0 Å². The highest BCUT2D eigenvalue weighted by Crippen LogP contribution is 2.42. The molecule has 2 aliphatic heterocycles. The van der Waals surface area contributed by atoms with Gasteiger partial charge in [-0.25, -0.2) is 4.79 Å². The van der Waals surface area contributed by atoms with Crippen LogP contribution in [0.25, 0.3) is 10.8 Å². The van der Waals surface area contributed by atoms with Crippen LogP contribution >= 0.6 is 0 Å². The van der Waals surface area contributed by atoms with E-state index in [1.54, 1.807) is 0 Å². The smallest absolute Gasteiger partial charge is 0.330 e. The highest BCUT2D eigenvalue weighted by Gasteiger charge is 2.56. The van der Waals surface area contributed by atoms with Gasteiger partial charge in [0.15, 0.2) is 0 Å². The molecule has 6 heteroatoms. The first-order valence-electron chi connectivity index (χ1n) is 11.1. The third-order valence-corrected chi connectivity index (χ3v) is 7.01. The van der Waals surface area contributed by atoms with Crippen molar-refractivity contribution in [3.63, 3.8) is 0 Å². The first-order valence-corrected chi connectivity index (χ1v) is 11.1. The minimum absolute atomic E-state index is 0.259. The van der Waals surface area contributed by atoms with Crippen molar-refractivity contribution in [3.05, 3.63) is 53.6 Å². The molecule has 5 rings (SSSR count). The lowest BCUT2D eigenvalue weighted by Gasteiger charge is -2.45. The molecule has 1 spiro atoms. The molecule has 0 radical (unpaired) electrons. The number of urea groups is 1. The van der Waals surface area contributed by atoms with Crippen molar-refractivity contribution < 1.29 is 14.4 Å². The van der Waals surface area contributed by atoms with Gasteiger partial charge in [0, 0.05) is 32.2 Å². The molecule has 31 heavy (non-hydrogen) atoms. The van der Waals surface area contributed by atoms with Crippen LogP contribution < -0.4 is 10.2 Å². The van der Waals surface area contributed by atoms with Gasteiger partial charge in [0.1, 0.15) is 5.41 Å². The Hall–Kier alpha value is -3.15. The fourth-order valence-electron chi connectivity index (χ4n) is 5.33. The third-order valence-electron chi connectivity index (χ3n) is 7.01. The van der Waals surface area contributed by atoms with E-state index in [0.717, 1.165) is 41.3 Å². The first kappa shape index (κ1) is 19.8. The van der Waals surface area contributed by atoms with Gasteiger partial charge in [-0.15, -0.1) is 0 Å². The van der Waals surface area contributed by atoms with Crippen LogP contribution in [0.4, 0.5) is 10.5 Å². The number of hydrogen-bond acceptors (Lipinski definition) is 4. The number of rotatable bonds is 3. The fraction of sp³-hybridized carbons (Fsp3) is 0.400. The largest absolute Gasteiger partial charge is 0.373 e. The van der Waals surface area contributed by atoms with Crippen LogP contribution in [0, 0.1) is 5.41 Å². The number of nitrogens with zero attached hydrogens (tertiary/aromatic N) is 2. The van der Waals surface area contributed by atoms with Gasteiger partial charge in [-0.3, -0.25) is 19.8 Å². The second-order valence-electron chi connectivity index (χ2n) is 8.97. The summed E-state index contributed by atoms with van der Waals surface area (Å²) in [5.41, 5.74) is 2.02. The number of nitrogens with one attached hydrogen (secondary N) is 1. The molecular formula is C25H27N3O3. The number of barbiturate groups is 1. The number of fused-ring (bicyclic) bond motifs is 3. The lowest BCUT2D eigenvalue weighted by molar-refractivity contribution is -0.151. The molecule has 1 atom stereocenters. The lowest BCUT2D eigenvalue weighted by atomic mass is 9.73. The molecule has 1 fully saturated rings. The second-order valence-corrected chi connectivity index (χ2v) is 8.97. The maximum absolute atomic E-state index is 13.7. The van der Waals surface area contributed by atoms with E-state index < -0.39 is 17.4 Å². The van der Waals surface area contributed by atoms with Gasteiger partial charge < -0.3 is 4.90 Å². The van der Waals surface area contributed by atoms with Crippen molar-refractivity contribution in [1.29, 1.82) is 0 Å². The van der Waals surface area contributed by atoms with Gasteiger partial charge in [-0.2, -0.15) is 0 Å². The normalized spacial score (nSPS) is 23.8. The zero-order chi connectivity index (χ0) is 21.6.